The monoisotopic (exact) mass is 393 g/mol. The van der Waals surface area contributed by atoms with Crippen LogP contribution < -0.4 is 10.2 Å². The van der Waals surface area contributed by atoms with Gasteiger partial charge in [-0.1, -0.05) is 15.9 Å². The van der Waals surface area contributed by atoms with Crippen molar-refractivity contribution in [2.75, 3.05) is 16.8 Å². The summed E-state index contributed by atoms with van der Waals surface area (Å²) in [6.45, 7) is 4.24. The number of hydrogen-bond donors (Lipinski definition) is 1. The van der Waals surface area contributed by atoms with Gasteiger partial charge in [0.25, 0.3) is 0 Å². The second kappa shape index (κ2) is 6.41. The van der Waals surface area contributed by atoms with E-state index in [-0.39, 0.29) is 24.2 Å². The van der Waals surface area contributed by atoms with E-state index >= 15 is 0 Å². The zero-order chi connectivity index (χ0) is 16.6. The van der Waals surface area contributed by atoms with E-state index in [1.807, 2.05) is 37.4 Å². The average molecular weight is 394 g/mol. The van der Waals surface area contributed by atoms with E-state index in [2.05, 4.69) is 26.2 Å². The molecule has 0 aliphatic carbocycles. The highest BCUT2D eigenvalue weighted by molar-refractivity contribution is 9.10. The molecule has 1 N–H and O–H groups in total. The van der Waals surface area contributed by atoms with Crippen molar-refractivity contribution < 1.29 is 9.59 Å². The van der Waals surface area contributed by atoms with E-state index in [1.54, 1.807) is 4.90 Å². The number of anilines is 2. The van der Waals surface area contributed by atoms with Gasteiger partial charge in [0, 0.05) is 28.5 Å². The lowest BCUT2D eigenvalue weighted by Crippen LogP contribution is -2.28. The quantitative estimate of drug-likeness (QED) is 0.867. The molecule has 1 aliphatic heterocycles. The fourth-order valence-electron chi connectivity index (χ4n) is 2.66. The van der Waals surface area contributed by atoms with Gasteiger partial charge in [-0.15, -0.1) is 11.3 Å². The summed E-state index contributed by atoms with van der Waals surface area (Å²) < 4.78 is 0.971. The van der Waals surface area contributed by atoms with Crippen molar-refractivity contribution in [3.8, 4) is 0 Å². The molecule has 1 atom stereocenters. The van der Waals surface area contributed by atoms with Crippen LogP contribution in [0.2, 0.25) is 0 Å². The Morgan fingerprint density at radius 1 is 1.43 bits per heavy atom. The third-order valence-electron chi connectivity index (χ3n) is 3.79. The predicted molar refractivity (Wildman–Crippen MR) is 94.8 cm³/mol. The maximum Gasteiger partial charge on any atom is 0.231 e. The van der Waals surface area contributed by atoms with Crippen molar-refractivity contribution in [1.29, 1.82) is 0 Å². The van der Waals surface area contributed by atoms with Crippen molar-refractivity contribution in [1.82, 2.24) is 4.98 Å². The van der Waals surface area contributed by atoms with Gasteiger partial charge in [-0.2, -0.15) is 0 Å². The maximum atomic E-state index is 12.4. The van der Waals surface area contributed by atoms with Gasteiger partial charge >= 0.3 is 0 Å². The Labute approximate surface area is 146 Å². The Morgan fingerprint density at radius 3 is 2.87 bits per heavy atom. The molecule has 2 heterocycles. The molecule has 1 aliphatic rings. The lowest BCUT2D eigenvalue weighted by Gasteiger charge is -2.19. The van der Waals surface area contributed by atoms with Crippen molar-refractivity contribution in [2.24, 2.45) is 5.92 Å². The van der Waals surface area contributed by atoms with Crippen LogP contribution >= 0.6 is 27.3 Å². The zero-order valence-corrected chi connectivity index (χ0v) is 15.2. The smallest absolute Gasteiger partial charge is 0.231 e. The van der Waals surface area contributed by atoms with Gasteiger partial charge < -0.3 is 10.2 Å². The first kappa shape index (κ1) is 16.1. The number of thiazole rings is 1. The van der Waals surface area contributed by atoms with Crippen LogP contribution in [0.3, 0.4) is 0 Å². The summed E-state index contributed by atoms with van der Waals surface area (Å²) in [4.78, 5) is 30.6. The molecule has 0 spiro atoms. The Hall–Kier alpha value is -1.73. The standard InChI is InChI=1S/C16H16BrN3O2S/c1-9-5-12(17)3-4-13(9)20-7-11(6-14(20)21)15(22)19-16-18-10(2)8-23-16/h3-5,8,11H,6-7H2,1-2H3,(H,18,19,22). The summed E-state index contributed by atoms with van der Waals surface area (Å²) in [7, 11) is 0. The molecular formula is C16H16BrN3O2S. The van der Waals surface area contributed by atoms with Gasteiger partial charge in [0.05, 0.1) is 11.6 Å². The number of hydrogen-bond acceptors (Lipinski definition) is 4. The van der Waals surface area contributed by atoms with Crippen molar-refractivity contribution in [3.05, 3.63) is 39.3 Å². The lowest BCUT2D eigenvalue weighted by atomic mass is 10.1. The molecule has 1 unspecified atom stereocenters. The number of halogens is 1. The first-order chi connectivity index (χ1) is 10.9. The van der Waals surface area contributed by atoms with Crippen LogP contribution in [0.5, 0.6) is 0 Å². The highest BCUT2D eigenvalue weighted by atomic mass is 79.9. The molecule has 23 heavy (non-hydrogen) atoms. The lowest BCUT2D eigenvalue weighted by molar-refractivity contribution is -0.122. The number of carbonyl (C=O) groups is 2. The third kappa shape index (κ3) is 3.45. The van der Waals surface area contributed by atoms with Gasteiger partial charge in [-0.25, -0.2) is 4.98 Å². The van der Waals surface area contributed by atoms with E-state index < -0.39 is 0 Å². The summed E-state index contributed by atoms with van der Waals surface area (Å²) >= 11 is 4.81. The summed E-state index contributed by atoms with van der Waals surface area (Å²) in [5.74, 6) is -0.523. The second-order valence-corrected chi connectivity index (χ2v) is 7.39. The molecular weight excluding hydrogens is 378 g/mol. The number of aryl methyl sites for hydroxylation is 2. The van der Waals surface area contributed by atoms with Gasteiger partial charge in [0.1, 0.15) is 0 Å². The fourth-order valence-corrected chi connectivity index (χ4v) is 3.82. The van der Waals surface area contributed by atoms with Crippen LogP contribution in [0.15, 0.2) is 28.1 Å². The number of benzene rings is 1. The number of nitrogens with one attached hydrogen (secondary N) is 1. The van der Waals surface area contributed by atoms with E-state index in [9.17, 15) is 9.59 Å². The normalized spacial score (nSPS) is 17.6. The number of aromatic nitrogens is 1. The molecule has 1 saturated heterocycles. The number of amides is 2. The molecule has 0 radical (unpaired) electrons. The molecule has 1 aromatic carbocycles. The average Bonchev–Trinajstić information content (AvgIpc) is 3.05. The van der Waals surface area contributed by atoms with Gasteiger partial charge in [-0.05, 0) is 37.6 Å². The van der Waals surface area contributed by atoms with E-state index in [4.69, 9.17) is 0 Å². The van der Waals surface area contributed by atoms with Crippen LogP contribution in [-0.4, -0.2) is 23.3 Å². The van der Waals surface area contributed by atoms with Crippen molar-refractivity contribution in [3.63, 3.8) is 0 Å². The van der Waals surface area contributed by atoms with Crippen LogP contribution in [0.4, 0.5) is 10.8 Å². The van der Waals surface area contributed by atoms with Crippen LogP contribution in [-0.2, 0) is 9.59 Å². The van der Waals surface area contributed by atoms with E-state index in [1.165, 1.54) is 11.3 Å². The molecule has 1 aromatic heterocycles. The molecule has 1 fully saturated rings. The number of nitrogens with zero attached hydrogens (tertiary/aromatic N) is 2. The molecule has 2 amide bonds. The van der Waals surface area contributed by atoms with Gasteiger partial charge in [0.15, 0.2) is 5.13 Å². The molecule has 0 bridgehead atoms. The molecule has 120 valence electrons. The molecule has 5 nitrogen and oxygen atoms in total. The summed E-state index contributed by atoms with van der Waals surface area (Å²) in [5.41, 5.74) is 2.74. The topological polar surface area (TPSA) is 62.3 Å². The Morgan fingerprint density at radius 2 is 2.22 bits per heavy atom. The summed E-state index contributed by atoms with van der Waals surface area (Å²) in [6, 6.07) is 5.78. The van der Waals surface area contributed by atoms with E-state index in [0.717, 1.165) is 21.4 Å². The minimum absolute atomic E-state index is 0.0223. The largest absolute Gasteiger partial charge is 0.311 e. The third-order valence-corrected chi connectivity index (χ3v) is 5.16. The highest BCUT2D eigenvalue weighted by Crippen LogP contribution is 2.30. The van der Waals surface area contributed by atoms with Crippen LogP contribution in [0, 0.1) is 19.8 Å². The Kier molecular flexibility index (Phi) is 4.50. The fraction of sp³-hybridized carbons (Fsp3) is 0.312. The summed E-state index contributed by atoms with van der Waals surface area (Å²) in [5, 5.41) is 5.27. The Bertz CT molecular complexity index is 774. The first-order valence-corrected chi connectivity index (χ1v) is 8.91. The minimum atomic E-state index is -0.352. The first-order valence-electron chi connectivity index (χ1n) is 7.23. The summed E-state index contributed by atoms with van der Waals surface area (Å²) in [6.07, 6.45) is 0.228. The van der Waals surface area contributed by atoms with E-state index in [0.29, 0.717) is 11.7 Å². The molecule has 2 aromatic rings. The second-order valence-electron chi connectivity index (χ2n) is 5.62. The number of carbonyl (C=O) groups excluding carboxylic acids is 2. The van der Waals surface area contributed by atoms with Crippen molar-refractivity contribution in [2.45, 2.75) is 20.3 Å². The zero-order valence-electron chi connectivity index (χ0n) is 12.8. The maximum absolute atomic E-state index is 12.4. The van der Waals surface area contributed by atoms with Gasteiger partial charge in [-0.3, -0.25) is 9.59 Å². The molecule has 0 saturated carbocycles. The minimum Gasteiger partial charge on any atom is -0.311 e. The molecule has 7 heteroatoms. The van der Waals surface area contributed by atoms with Gasteiger partial charge in [0.2, 0.25) is 11.8 Å². The SMILES string of the molecule is Cc1csc(NC(=O)C2CC(=O)N(c3ccc(Br)cc3C)C2)n1. The predicted octanol–water partition coefficient (Wildman–Crippen LogP) is 3.51. The van der Waals surface area contributed by atoms with Crippen LogP contribution in [0.1, 0.15) is 17.7 Å². The molecule has 3 rings (SSSR count). The number of rotatable bonds is 3. The van der Waals surface area contributed by atoms with Crippen molar-refractivity contribution >= 4 is 49.9 Å². The Balaban J connectivity index is 1.73. The van der Waals surface area contributed by atoms with Crippen LogP contribution in [0.25, 0.3) is 0 Å². The highest BCUT2D eigenvalue weighted by Gasteiger charge is 2.35.